The summed E-state index contributed by atoms with van der Waals surface area (Å²) in [6, 6.07) is 11.5. The summed E-state index contributed by atoms with van der Waals surface area (Å²) >= 11 is 0. The molecule has 0 spiro atoms. The van der Waals surface area contributed by atoms with Crippen molar-refractivity contribution < 1.29 is 24.2 Å². The molecule has 2 aromatic carbocycles. The molecule has 0 aromatic heterocycles. The number of carboxylic acid groups (broad SMARTS) is 1. The standard InChI is InChI=1S/C20H20N2O5/c1-12-5-8-15(10-17(12)20(25)26)21-18(23)11-27-16-4-2-3-14(9-16)22-19(24)13-6-7-13/h2-5,8-10,13H,6-7,11H2,1H3,(H,21,23)(H,22,24)(H,25,26). The summed E-state index contributed by atoms with van der Waals surface area (Å²) in [5.74, 6) is -0.912. The Morgan fingerprint density at radius 1 is 1.07 bits per heavy atom. The zero-order chi connectivity index (χ0) is 19.4. The Hall–Kier alpha value is -3.35. The van der Waals surface area contributed by atoms with Crippen molar-refractivity contribution in [1.29, 1.82) is 0 Å². The van der Waals surface area contributed by atoms with Crippen molar-refractivity contribution in [1.82, 2.24) is 0 Å². The molecule has 1 aliphatic carbocycles. The second-order valence-corrected chi connectivity index (χ2v) is 6.46. The number of benzene rings is 2. The van der Waals surface area contributed by atoms with Crippen LogP contribution in [0.4, 0.5) is 11.4 Å². The molecule has 27 heavy (non-hydrogen) atoms. The van der Waals surface area contributed by atoms with Gasteiger partial charge in [0, 0.05) is 23.4 Å². The zero-order valence-electron chi connectivity index (χ0n) is 14.8. The van der Waals surface area contributed by atoms with Crippen molar-refractivity contribution in [2.24, 2.45) is 5.92 Å². The van der Waals surface area contributed by atoms with Crippen molar-refractivity contribution >= 4 is 29.2 Å². The molecule has 0 unspecified atom stereocenters. The number of carboxylic acids is 1. The minimum Gasteiger partial charge on any atom is -0.484 e. The minimum atomic E-state index is -1.05. The van der Waals surface area contributed by atoms with Crippen LogP contribution in [-0.4, -0.2) is 29.5 Å². The van der Waals surface area contributed by atoms with Gasteiger partial charge in [-0.3, -0.25) is 9.59 Å². The van der Waals surface area contributed by atoms with E-state index in [1.807, 2.05) is 0 Å². The van der Waals surface area contributed by atoms with Gasteiger partial charge in [-0.25, -0.2) is 4.79 Å². The molecule has 2 amide bonds. The Kier molecular flexibility index (Phi) is 5.40. The lowest BCUT2D eigenvalue weighted by molar-refractivity contribution is -0.118. The summed E-state index contributed by atoms with van der Waals surface area (Å²) in [4.78, 5) is 35.0. The second kappa shape index (κ2) is 7.90. The lowest BCUT2D eigenvalue weighted by atomic mass is 10.1. The number of hydrogen-bond donors (Lipinski definition) is 3. The van der Waals surface area contributed by atoms with Crippen LogP contribution in [0.5, 0.6) is 5.75 Å². The third-order valence-electron chi connectivity index (χ3n) is 4.17. The predicted octanol–water partition coefficient (Wildman–Crippen LogP) is 3.06. The van der Waals surface area contributed by atoms with Crippen molar-refractivity contribution in [2.45, 2.75) is 19.8 Å². The Morgan fingerprint density at radius 3 is 2.52 bits per heavy atom. The van der Waals surface area contributed by atoms with Crippen molar-refractivity contribution in [3.63, 3.8) is 0 Å². The first-order valence-electron chi connectivity index (χ1n) is 8.60. The van der Waals surface area contributed by atoms with Crippen LogP contribution in [0.2, 0.25) is 0 Å². The van der Waals surface area contributed by atoms with Gasteiger partial charge in [-0.15, -0.1) is 0 Å². The summed E-state index contributed by atoms with van der Waals surface area (Å²) in [6.45, 7) is 1.45. The van der Waals surface area contributed by atoms with Crippen molar-refractivity contribution in [3.8, 4) is 5.75 Å². The Balaban J connectivity index is 1.55. The normalized spacial score (nSPS) is 12.9. The first-order chi connectivity index (χ1) is 12.9. The molecular weight excluding hydrogens is 348 g/mol. The van der Waals surface area contributed by atoms with E-state index < -0.39 is 11.9 Å². The Labute approximate surface area is 156 Å². The van der Waals surface area contributed by atoms with E-state index in [1.54, 1.807) is 43.3 Å². The molecule has 1 fully saturated rings. The Morgan fingerprint density at radius 2 is 1.81 bits per heavy atom. The van der Waals surface area contributed by atoms with Gasteiger partial charge >= 0.3 is 5.97 Å². The predicted molar refractivity (Wildman–Crippen MR) is 100 cm³/mol. The average Bonchev–Trinajstić information content (AvgIpc) is 3.47. The van der Waals surface area contributed by atoms with Gasteiger partial charge in [-0.1, -0.05) is 12.1 Å². The van der Waals surface area contributed by atoms with Gasteiger partial charge in [0.2, 0.25) is 5.91 Å². The van der Waals surface area contributed by atoms with E-state index in [0.29, 0.717) is 22.7 Å². The summed E-state index contributed by atoms with van der Waals surface area (Å²) in [5.41, 5.74) is 1.75. The van der Waals surface area contributed by atoms with Crippen LogP contribution in [-0.2, 0) is 9.59 Å². The molecule has 7 heteroatoms. The van der Waals surface area contributed by atoms with Crippen LogP contribution >= 0.6 is 0 Å². The maximum Gasteiger partial charge on any atom is 0.336 e. The number of amides is 2. The number of aromatic carboxylic acids is 1. The molecule has 0 radical (unpaired) electrons. The first-order valence-corrected chi connectivity index (χ1v) is 8.60. The van der Waals surface area contributed by atoms with Gasteiger partial charge in [0.05, 0.1) is 5.56 Å². The molecule has 0 heterocycles. The summed E-state index contributed by atoms with van der Waals surface area (Å²) in [7, 11) is 0. The van der Waals surface area contributed by atoms with Gasteiger partial charge in [0.15, 0.2) is 6.61 Å². The number of carbonyl (C=O) groups excluding carboxylic acids is 2. The number of anilines is 2. The van der Waals surface area contributed by atoms with E-state index in [-0.39, 0.29) is 24.0 Å². The highest BCUT2D eigenvalue weighted by Crippen LogP contribution is 2.30. The fraction of sp³-hybridized carbons (Fsp3) is 0.250. The monoisotopic (exact) mass is 368 g/mol. The smallest absolute Gasteiger partial charge is 0.336 e. The number of hydrogen-bond acceptors (Lipinski definition) is 4. The lowest BCUT2D eigenvalue weighted by Crippen LogP contribution is -2.20. The molecule has 0 aliphatic heterocycles. The number of rotatable bonds is 7. The van der Waals surface area contributed by atoms with Crippen LogP contribution in [0.15, 0.2) is 42.5 Å². The summed E-state index contributed by atoms with van der Waals surface area (Å²) in [5, 5.41) is 14.6. The molecule has 0 saturated heterocycles. The first kappa shape index (κ1) is 18.4. The molecule has 7 nitrogen and oxygen atoms in total. The van der Waals surface area contributed by atoms with Crippen LogP contribution in [0.3, 0.4) is 0 Å². The second-order valence-electron chi connectivity index (χ2n) is 6.46. The maximum absolute atomic E-state index is 12.1. The molecule has 0 atom stereocenters. The fourth-order valence-corrected chi connectivity index (χ4v) is 2.53. The minimum absolute atomic E-state index is 0.00139. The Bertz CT molecular complexity index is 890. The number of ether oxygens (including phenoxy) is 1. The molecule has 2 aromatic rings. The number of aryl methyl sites for hydroxylation is 1. The molecule has 3 N–H and O–H groups in total. The highest BCUT2D eigenvalue weighted by atomic mass is 16.5. The molecule has 3 rings (SSSR count). The van der Waals surface area contributed by atoms with E-state index >= 15 is 0 Å². The molecule has 140 valence electrons. The van der Waals surface area contributed by atoms with Crippen molar-refractivity contribution in [2.75, 3.05) is 17.2 Å². The van der Waals surface area contributed by atoms with Gasteiger partial charge in [-0.05, 0) is 49.6 Å². The topological polar surface area (TPSA) is 105 Å². The van der Waals surface area contributed by atoms with Crippen LogP contribution in [0.25, 0.3) is 0 Å². The lowest BCUT2D eigenvalue weighted by Gasteiger charge is -2.10. The van der Waals surface area contributed by atoms with E-state index in [1.165, 1.54) is 6.07 Å². The SMILES string of the molecule is Cc1ccc(NC(=O)COc2cccc(NC(=O)C3CC3)c2)cc1C(=O)O. The summed E-state index contributed by atoms with van der Waals surface area (Å²) in [6.07, 6.45) is 1.84. The maximum atomic E-state index is 12.1. The summed E-state index contributed by atoms with van der Waals surface area (Å²) < 4.78 is 5.46. The van der Waals surface area contributed by atoms with E-state index in [4.69, 9.17) is 9.84 Å². The largest absolute Gasteiger partial charge is 0.484 e. The fourth-order valence-electron chi connectivity index (χ4n) is 2.53. The number of carbonyl (C=O) groups is 3. The van der Waals surface area contributed by atoms with Crippen LogP contribution in [0, 0.1) is 12.8 Å². The average molecular weight is 368 g/mol. The van der Waals surface area contributed by atoms with E-state index in [0.717, 1.165) is 12.8 Å². The third-order valence-corrected chi connectivity index (χ3v) is 4.17. The van der Waals surface area contributed by atoms with Crippen LogP contribution in [0.1, 0.15) is 28.8 Å². The molecular formula is C20H20N2O5. The van der Waals surface area contributed by atoms with Gasteiger partial charge < -0.3 is 20.5 Å². The molecule has 0 bridgehead atoms. The van der Waals surface area contributed by atoms with Gasteiger partial charge in [0.1, 0.15) is 5.75 Å². The number of nitrogens with one attached hydrogen (secondary N) is 2. The highest BCUT2D eigenvalue weighted by Gasteiger charge is 2.29. The van der Waals surface area contributed by atoms with E-state index in [2.05, 4.69) is 10.6 Å². The quantitative estimate of drug-likeness (QED) is 0.697. The zero-order valence-corrected chi connectivity index (χ0v) is 14.8. The van der Waals surface area contributed by atoms with E-state index in [9.17, 15) is 14.4 Å². The molecule has 1 aliphatic rings. The highest BCUT2D eigenvalue weighted by molar-refractivity contribution is 5.95. The van der Waals surface area contributed by atoms with Gasteiger partial charge in [-0.2, -0.15) is 0 Å². The third kappa shape index (κ3) is 5.07. The van der Waals surface area contributed by atoms with Crippen molar-refractivity contribution in [3.05, 3.63) is 53.6 Å². The van der Waals surface area contributed by atoms with Crippen LogP contribution < -0.4 is 15.4 Å². The molecule has 1 saturated carbocycles. The van der Waals surface area contributed by atoms with Gasteiger partial charge in [0.25, 0.3) is 5.91 Å².